The Morgan fingerprint density at radius 3 is 2.65 bits per heavy atom. The lowest BCUT2D eigenvalue weighted by Crippen LogP contribution is -1.99. The molecule has 2 aromatic heterocycles. The Morgan fingerprint density at radius 1 is 0.957 bits per heavy atom. The highest BCUT2D eigenvalue weighted by Gasteiger charge is 2.11. The molecule has 0 fully saturated rings. The highest BCUT2D eigenvalue weighted by Crippen LogP contribution is 2.24. The summed E-state index contributed by atoms with van der Waals surface area (Å²) in [4.78, 5) is 8.75. The third-order valence-electron chi connectivity index (χ3n) is 3.65. The second-order valence-corrected chi connectivity index (χ2v) is 5.35. The van der Waals surface area contributed by atoms with Crippen LogP contribution < -0.4 is 5.32 Å². The van der Waals surface area contributed by atoms with Gasteiger partial charge in [0.25, 0.3) is 0 Å². The van der Waals surface area contributed by atoms with Crippen LogP contribution in [0.2, 0.25) is 0 Å². The first-order valence-electron chi connectivity index (χ1n) is 7.39. The molecule has 4 rings (SSSR count). The first kappa shape index (κ1) is 13.5. The number of para-hydroxylation sites is 1. The molecule has 112 valence electrons. The number of rotatable bonds is 3. The van der Waals surface area contributed by atoms with Crippen molar-refractivity contribution in [3.8, 4) is 5.69 Å². The fourth-order valence-corrected chi connectivity index (χ4v) is 2.56. The topological polar surface area (TPSA) is 55.6 Å². The van der Waals surface area contributed by atoms with Gasteiger partial charge in [-0.1, -0.05) is 30.3 Å². The monoisotopic (exact) mass is 301 g/mol. The molecule has 0 aliphatic heterocycles. The van der Waals surface area contributed by atoms with E-state index in [4.69, 9.17) is 0 Å². The predicted molar refractivity (Wildman–Crippen MR) is 91.1 cm³/mol. The van der Waals surface area contributed by atoms with E-state index in [1.54, 1.807) is 12.5 Å². The van der Waals surface area contributed by atoms with E-state index in [9.17, 15) is 0 Å². The molecule has 0 unspecified atom stereocenters. The summed E-state index contributed by atoms with van der Waals surface area (Å²) in [6.45, 7) is 2.06. The van der Waals surface area contributed by atoms with Gasteiger partial charge in [0, 0.05) is 5.69 Å². The van der Waals surface area contributed by atoms with Crippen molar-refractivity contribution in [3.05, 3.63) is 72.7 Å². The first-order valence-corrected chi connectivity index (χ1v) is 7.39. The molecule has 1 N–H and O–H groups in total. The van der Waals surface area contributed by atoms with Gasteiger partial charge in [0.1, 0.15) is 12.1 Å². The number of hydrogen-bond acceptors (Lipinski definition) is 4. The first-order chi connectivity index (χ1) is 11.3. The van der Waals surface area contributed by atoms with Crippen LogP contribution in [0.25, 0.3) is 16.7 Å². The number of hydrogen-bond donors (Lipinski definition) is 1. The molecule has 4 aromatic rings. The van der Waals surface area contributed by atoms with Gasteiger partial charge in [-0.15, -0.1) is 0 Å². The summed E-state index contributed by atoms with van der Waals surface area (Å²) in [5, 5.41) is 8.69. The number of aromatic nitrogens is 4. The van der Waals surface area contributed by atoms with Crippen molar-refractivity contribution in [1.82, 2.24) is 19.7 Å². The van der Waals surface area contributed by atoms with Crippen LogP contribution in [-0.2, 0) is 0 Å². The van der Waals surface area contributed by atoms with Gasteiger partial charge in [-0.3, -0.25) is 0 Å². The van der Waals surface area contributed by atoms with E-state index in [-0.39, 0.29) is 0 Å². The third kappa shape index (κ3) is 2.53. The normalized spacial score (nSPS) is 10.8. The van der Waals surface area contributed by atoms with E-state index in [0.717, 1.165) is 28.2 Å². The van der Waals surface area contributed by atoms with Gasteiger partial charge in [0.15, 0.2) is 5.65 Å². The molecular formula is C18H15N5. The molecule has 0 aliphatic rings. The number of aryl methyl sites for hydroxylation is 1. The maximum absolute atomic E-state index is 4.46. The minimum atomic E-state index is 0.753. The van der Waals surface area contributed by atoms with E-state index < -0.39 is 0 Å². The van der Waals surface area contributed by atoms with E-state index >= 15 is 0 Å². The van der Waals surface area contributed by atoms with E-state index in [2.05, 4.69) is 39.4 Å². The predicted octanol–water partition coefficient (Wildman–Crippen LogP) is 3.87. The van der Waals surface area contributed by atoms with E-state index in [1.165, 1.54) is 5.56 Å². The molecule has 0 amide bonds. The Balaban J connectivity index is 1.79. The van der Waals surface area contributed by atoms with Crippen molar-refractivity contribution >= 4 is 22.5 Å². The second kappa shape index (κ2) is 5.53. The van der Waals surface area contributed by atoms with Gasteiger partial charge in [-0.05, 0) is 36.8 Å². The highest BCUT2D eigenvalue weighted by molar-refractivity contribution is 5.89. The van der Waals surface area contributed by atoms with Crippen LogP contribution in [-0.4, -0.2) is 19.7 Å². The van der Waals surface area contributed by atoms with Crippen LogP contribution in [0.5, 0.6) is 0 Å². The summed E-state index contributed by atoms with van der Waals surface area (Å²) >= 11 is 0. The second-order valence-electron chi connectivity index (χ2n) is 5.35. The summed E-state index contributed by atoms with van der Waals surface area (Å²) in [5.74, 6) is 0.753. The summed E-state index contributed by atoms with van der Waals surface area (Å²) < 4.78 is 1.82. The van der Waals surface area contributed by atoms with Gasteiger partial charge < -0.3 is 5.32 Å². The zero-order valence-electron chi connectivity index (χ0n) is 12.6. The smallest absolute Gasteiger partial charge is 0.168 e. The van der Waals surface area contributed by atoms with E-state index in [1.807, 2.05) is 47.1 Å². The molecule has 2 heterocycles. The summed E-state index contributed by atoms with van der Waals surface area (Å²) in [6.07, 6.45) is 3.35. The number of benzene rings is 2. The zero-order chi connectivity index (χ0) is 15.6. The molecule has 0 saturated heterocycles. The quantitative estimate of drug-likeness (QED) is 0.624. The lowest BCUT2D eigenvalue weighted by Gasteiger charge is -2.07. The van der Waals surface area contributed by atoms with Crippen molar-refractivity contribution in [2.75, 3.05) is 5.32 Å². The fourth-order valence-electron chi connectivity index (χ4n) is 2.56. The number of nitrogens with one attached hydrogen (secondary N) is 1. The molecule has 0 aliphatic carbocycles. The van der Waals surface area contributed by atoms with Crippen molar-refractivity contribution in [1.29, 1.82) is 0 Å². The molecule has 0 bridgehead atoms. The van der Waals surface area contributed by atoms with Crippen LogP contribution in [0, 0.1) is 6.92 Å². The molecule has 0 radical (unpaired) electrons. The van der Waals surface area contributed by atoms with Crippen LogP contribution in [0.4, 0.5) is 11.5 Å². The molecule has 5 heteroatoms. The molecule has 2 aromatic carbocycles. The highest BCUT2D eigenvalue weighted by atomic mass is 15.3. The molecule has 0 atom stereocenters. The number of anilines is 2. The minimum Gasteiger partial charge on any atom is -0.340 e. The van der Waals surface area contributed by atoms with Crippen LogP contribution in [0.1, 0.15) is 5.56 Å². The molecule has 0 saturated carbocycles. The van der Waals surface area contributed by atoms with Gasteiger partial charge in [0.2, 0.25) is 0 Å². The van der Waals surface area contributed by atoms with Crippen LogP contribution >= 0.6 is 0 Å². The molecule has 23 heavy (non-hydrogen) atoms. The van der Waals surface area contributed by atoms with Gasteiger partial charge >= 0.3 is 0 Å². The Labute approximate surface area is 133 Å². The molecule has 5 nitrogen and oxygen atoms in total. The van der Waals surface area contributed by atoms with Gasteiger partial charge in [-0.25, -0.2) is 14.6 Å². The third-order valence-corrected chi connectivity index (χ3v) is 3.65. The SMILES string of the molecule is Cc1cccc(Nc2ncnc3c2cnn3-c2ccccc2)c1. The summed E-state index contributed by atoms with van der Waals surface area (Å²) in [7, 11) is 0. The Morgan fingerprint density at radius 2 is 1.83 bits per heavy atom. The van der Waals surface area contributed by atoms with Crippen molar-refractivity contribution < 1.29 is 0 Å². The molecule has 0 spiro atoms. The Bertz CT molecular complexity index is 959. The number of fused-ring (bicyclic) bond motifs is 1. The summed E-state index contributed by atoms with van der Waals surface area (Å²) in [6, 6.07) is 18.1. The van der Waals surface area contributed by atoms with Crippen molar-refractivity contribution in [3.63, 3.8) is 0 Å². The summed E-state index contributed by atoms with van der Waals surface area (Å²) in [5.41, 5.74) is 3.95. The average Bonchev–Trinajstić information content (AvgIpc) is 3.01. The van der Waals surface area contributed by atoms with Crippen molar-refractivity contribution in [2.45, 2.75) is 6.92 Å². The van der Waals surface area contributed by atoms with Crippen LogP contribution in [0.15, 0.2) is 67.1 Å². The van der Waals surface area contributed by atoms with Crippen LogP contribution in [0.3, 0.4) is 0 Å². The van der Waals surface area contributed by atoms with Crippen molar-refractivity contribution in [2.24, 2.45) is 0 Å². The maximum atomic E-state index is 4.46. The minimum absolute atomic E-state index is 0.753. The van der Waals surface area contributed by atoms with Gasteiger partial charge in [0.05, 0.1) is 17.3 Å². The van der Waals surface area contributed by atoms with Gasteiger partial charge in [-0.2, -0.15) is 5.10 Å². The standard InChI is InChI=1S/C18H15N5/c1-13-6-5-7-14(10-13)22-17-16-11-21-23(18(16)20-12-19-17)15-8-3-2-4-9-15/h2-12H,1H3,(H,19,20,22). The Kier molecular flexibility index (Phi) is 3.24. The maximum Gasteiger partial charge on any atom is 0.168 e. The zero-order valence-corrected chi connectivity index (χ0v) is 12.6. The largest absolute Gasteiger partial charge is 0.340 e. The van der Waals surface area contributed by atoms with E-state index in [0.29, 0.717) is 0 Å². The lowest BCUT2D eigenvalue weighted by atomic mass is 10.2. The average molecular weight is 301 g/mol. The molecular weight excluding hydrogens is 286 g/mol. The lowest BCUT2D eigenvalue weighted by molar-refractivity contribution is 0.895. The fraction of sp³-hybridized carbons (Fsp3) is 0.0556. The Hall–Kier alpha value is -3.21. The number of nitrogens with zero attached hydrogens (tertiary/aromatic N) is 4.